The van der Waals surface area contributed by atoms with Crippen LogP contribution in [-0.2, 0) is 25.8 Å². The number of esters is 1. The summed E-state index contributed by atoms with van der Waals surface area (Å²) in [5.41, 5.74) is 6.35. The summed E-state index contributed by atoms with van der Waals surface area (Å²) < 4.78 is 5.15. The highest BCUT2D eigenvalue weighted by atomic mass is 16.7. The van der Waals surface area contributed by atoms with E-state index in [1.807, 2.05) is 30.3 Å². The molecule has 30 heavy (non-hydrogen) atoms. The summed E-state index contributed by atoms with van der Waals surface area (Å²) in [6.45, 7) is 4.07. The van der Waals surface area contributed by atoms with Crippen molar-refractivity contribution in [2.24, 2.45) is 0 Å². The molecule has 1 amide bonds. The van der Waals surface area contributed by atoms with Gasteiger partial charge in [-0.2, -0.15) is 0 Å². The highest BCUT2D eigenvalue weighted by Gasteiger charge is 2.43. The molecule has 0 saturated heterocycles. The molecule has 1 aliphatic rings. The number of rotatable bonds is 9. The van der Waals surface area contributed by atoms with Crippen LogP contribution >= 0.6 is 0 Å². The van der Waals surface area contributed by atoms with Crippen molar-refractivity contribution in [3.63, 3.8) is 0 Å². The zero-order valence-electron chi connectivity index (χ0n) is 16.9. The molecular weight excluding hydrogens is 386 g/mol. The van der Waals surface area contributed by atoms with E-state index >= 15 is 0 Å². The van der Waals surface area contributed by atoms with E-state index in [2.05, 4.69) is 16.3 Å². The SMILES string of the molecule is CCOC(=O)C1(CNc2ccccc2C(=O)NOCc2ccccc2)C=C(C)NO1. The van der Waals surface area contributed by atoms with Crippen LogP contribution in [0.4, 0.5) is 5.69 Å². The van der Waals surface area contributed by atoms with Gasteiger partial charge in [0.05, 0.1) is 25.3 Å². The largest absolute Gasteiger partial charge is 0.463 e. The molecule has 1 unspecified atom stereocenters. The second kappa shape index (κ2) is 9.91. The highest BCUT2D eigenvalue weighted by Crippen LogP contribution is 2.24. The minimum atomic E-state index is -1.33. The van der Waals surface area contributed by atoms with Gasteiger partial charge in [0, 0.05) is 11.4 Å². The molecule has 0 saturated carbocycles. The van der Waals surface area contributed by atoms with Gasteiger partial charge in [0.25, 0.3) is 5.91 Å². The number of hydroxylamine groups is 2. The maximum Gasteiger partial charge on any atom is 0.347 e. The topological polar surface area (TPSA) is 97.9 Å². The van der Waals surface area contributed by atoms with Crippen LogP contribution in [0.25, 0.3) is 0 Å². The van der Waals surface area contributed by atoms with E-state index in [1.54, 1.807) is 44.2 Å². The summed E-state index contributed by atoms with van der Waals surface area (Å²) in [4.78, 5) is 35.9. The van der Waals surface area contributed by atoms with E-state index < -0.39 is 17.5 Å². The van der Waals surface area contributed by atoms with Crippen LogP contribution in [0, 0.1) is 0 Å². The van der Waals surface area contributed by atoms with Gasteiger partial charge >= 0.3 is 5.97 Å². The fourth-order valence-corrected chi connectivity index (χ4v) is 2.97. The molecule has 8 heteroatoms. The van der Waals surface area contributed by atoms with Crippen molar-refractivity contribution in [3.8, 4) is 0 Å². The maximum atomic E-state index is 12.6. The molecule has 3 N–H and O–H groups in total. The van der Waals surface area contributed by atoms with Crippen LogP contribution in [-0.4, -0.2) is 30.6 Å². The van der Waals surface area contributed by atoms with Crippen molar-refractivity contribution >= 4 is 17.6 Å². The number of amides is 1. The average molecular weight is 411 g/mol. The van der Waals surface area contributed by atoms with Crippen LogP contribution < -0.4 is 16.3 Å². The first kappa shape index (κ1) is 21.4. The summed E-state index contributed by atoms with van der Waals surface area (Å²) in [6, 6.07) is 16.5. The van der Waals surface area contributed by atoms with Crippen molar-refractivity contribution in [3.05, 3.63) is 77.5 Å². The minimum Gasteiger partial charge on any atom is -0.463 e. The number of anilines is 1. The maximum absolute atomic E-state index is 12.6. The number of hydrogen-bond donors (Lipinski definition) is 3. The molecule has 2 aromatic rings. The fourth-order valence-electron chi connectivity index (χ4n) is 2.97. The Morgan fingerprint density at radius 2 is 1.83 bits per heavy atom. The number of para-hydroxylation sites is 1. The zero-order chi connectivity index (χ0) is 21.4. The molecule has 1 heterocycles. The normalized spacial score (nSPS) is 17.6. The van der Waals surface area contributed by atoms with E-state index in [9.17, 15) is 9.59 Å². The molecule has 0 spiro atoms. The van der Waals surface area contributed by atoms with Crippen LogP contribution in [0.3, 0.4) is 0 Å². The van der Waals surface area contributed by atoms with E-state index in [-0.39, 0.29) is 19.8 Å². The van der Waals surface area contributed by atoms with Gasteiger partial charge < -0.3 is 10.1 Å². The van der Waals surface area contributed by atoms with Crippen molar-refractivity contribution < 1.29 is 24.0 Å². The van der Waals surface area contributed by atoms with E-state index in [1.165, 1.54) is 0 Å². The molecule has 0 bridgehead atoms. The van der Waals surface area contributed by atoms with Gasteiger partial charge in [0.15, 0.2) is 0 Å². The van der Waals surface area contributed by atoms with Gasteiger partial charge in [0.2, 0.25) is 5.60 Å². The van der Waals surface area contributed by atoms with E-state index in [4.69, 9.17) is 14.4 Å². The highest BCUT2D eigenvalue weighted by molar-refractivity contribution is 5.99. The molecule has 1 aliphatic heterocycles. The van der Waals surface area contributed by atoms with Gasteiger partial charge in [-0.3, -0.25) is 19.9 Å². The molecule has 1 atom stereocenters. The molecule has 0 radical (unpaired) electrons. The Morgan fingerprint density at radius 3 is 2.53 bits per heavy atom. The Balaban J connectivity index is 1.65. The molecule has 3 rings (SSSR count). The lowest BCUT2D eigenvalue weighted by atomic mass is 10.0. The lowest BCUT2D eigenvalue weighted by Gasteiger charge is -2.24. The molecule has 0 aromatic heterocycles. The van der Waals surface area contributed by atoms with Gasteiger partial charge in [-0.05, 0) is 37.6 Å². The summed E-state index contributed by atoms with van der Waals surface area (Å²) >= 11 is 0. The van der Waals surface area contributed by atoms with Crippen molar-refractivity contribution in [1.29, 1.82) is 0 Å². The van der Waals surface area contributed by atoms with Crippen molar-refractivity contribution in [1.82, 2.24) is 11.0 Å². The Labute approximate surface area is 175 Å². The molecule has 0 aliphatic carbocycles. The summed E-state index contributed by atoms with van der Waals surface area (Å²) in [7, 11) is 0. The van der Waals surface area contributed by atoms with Gasteiger partial charge in [-0.1, -0.05) is 42.5 Å². The predicted octanol–water partition coefficient (Wildman–Crippen LogP) is 2.70. The van der Waals surface area contributed by atoms with E-state index in [0.29, 0.717) is 16.9 Å². The summed E-state index contributed by atoms with van der Waals surface area (Å²) in [5.74, 6) is -0.925. The van der Waals surface area contributed by atoms with Crippen LogP contribution in [0.1, 0.15) is 29.8 Å². The average Bonchev–Trinajstić information content (AvgIpc) is 3.15. The van der Waals surface area contributed by atoms with Crippen LogP contribution in [0.5, 0.6) is 0 Å². The first-order valence-electron chi connectivity index (χ1n) is 9.64. The Hall–Kier alpha value is -3.36. The smallest absolute Gasteiger partial charge is 0.347 e. The number of allylic oxidation sites excluding steroid dienone is 1. The Bertz CT molecular complexity index is 916. The first-order valence-corrected chi connectivity index (χ1v) is 9.64. The van der Waals surface area contributed by atoms with Crippen molar-refractivity contribution in [2.75, 3.05) is 18.5 Å². The number of benzene rings is 2. The summed E-state index contributed by atoms with van der Waals surface area (Å²) in [5, 5.41) is 3.12. The predicted molar refractivity (Wildman–Crippen MR) is 111 cm³/mol. The van der Waals surface area contributed by atoms with Crippen molar-refractivity contribution in [2.45, 2.75) is 26.1 Å². The molecule has 8 nitrogen and oxygen atoms in total. The summed E-state index contributed by atoms with van der Waals surface area (Å²) in [6.07, 6.45) is 1.66. The van der Waals surface area contributed by atoms with Crippen LogP contribution in [0.2, 0.25) is 0 Å². The zero-order valence-corrected chi connectivity index (χ0v) is 16.9. The van der Waals surface area contributed by atoms with Gasteiger partial charge in [0.1, 0.15) is 0 Å². The number of ether oxygens (including phenoxy) is 1. The molecule has 158 valence electrons. The monoisotopic (exact) mass is 411 g/mol. The minimum absolute atomic E-state index is 0.0747. The number of hydrogen-bond acceptors (Lipinski definition) is 7. The number of nitrogens with one attached hydrogen (secondary N) is 3. The Kier molecular flexibility index (Phi) is 7.05. The molecule has 2 aromatic carbocycles. The molecular formula is C22H25N3O5. The third-order valence-electron chi connectivity index (χ3n) is 4.42. The number of carbonyl (C=O) groups is 2. The molecule has 0 fully saturated rings. The standard InChI is InChI=1S/C22H25N3O5/c1-3-28-21(27)22(13-16(2)24-30-22)15-23-19-12-8-7-11-18(19)20(26)25-29-14-17-9-5-4-6-10-17/h4-13,23-24H,3,14-15H2,1-2H3,(H,25,26). The third-order valence-corrected chi connectivity index (χ3v) is 4.42. The quantitative estimate of drug-likeness (QED) is 0.431. The van der Waals surface area contributed by atoms with Crippen LogP contribution in [0.15, 0.2) is 66.4 Å². The second-order valence-corrected chi connectivity index (χ2v) is 6.75. The first-order chi connectivity index (χ1) is 14.5. The van der Waals surface area contributed by atoms with Gasteiger partial charge in [-0.25, -0.2) is 10.3 Å². The lowest BCUT2D eigenvalue weighted by Crippen LogP contribution is -2.46. The fraction of sp³-hybridized carbons (Fsp3) is 0.273. The third kappa shape index (κ3) is 5.16. The van der Waals surface area contributed by atoms with Gasteiger partial charge in [-0.15, -0.1) is 0 Å². The Morgan fingerprint density at radius 1 is 1.10 bits per heavy atom. The second-order valence-electron chi connectivity index (χ2n) is 6.75. The lowest BCUT2D eigenvalue weighted by molar-refractivity contribution is -0.167. The number of carbonyl (C=O) groups excluding carboxylic acids is 2. The van der Waals surface area contributed by atoms with E-state index in [0.717, 1.165) is 5.56 Å².